The number of hydrogen-bond donors (Lipinski definition) is 0. The van der Waals surface area contributed by atoms with E-state index in [9.17, 15) is 4.79 Å². The predicted octanol–water partition coefficient (Wildman–Crippen LogP) is 2.74. The third kappa shape index (κ3) is 6.63. The standard InChI is InChI=1S/C15H31NO6Si2/c1-9-18-14(17)11-12(21-23(3,4)5)13(22-24(6,7)8)15(19-10-2)20-16-11/h12-13,15H,9-10H2,1-8H3/t12-,13-,15-/m0/s1. The van der Waals surface area contributed by atoms with E-state index < -0.39 is 41.1 Å². The molecule has 0 bridgehead atoms. The highest BCUT2D eigenvalue weighted by molar-refractivity contribution is 6.70. The molecular formula is C15H31NO6Si2. The Morgan fingerprint density at radius 1 is 1.04 bits per heavy atom. The maximum atomic E-state index is 12.3. The minimum absolute atomic E-state index is 0.110. The van der Waals surface area contributed by atoms with Crippen molar-refractivity contribution in [3.8, 4) is 0 Å². The molecular weight excluding hydrogens is 346 g/mol. The highest BCUT2D eigenvalue weighted by Gasteiger charge is 2.47. The molecule has 1 rings (SSSR count). The Hall–Kier alpha value is -0.746. The largest absolute Gasteiger partial charge is 0.461 e. The Balaban J connectivity index is 3.21. The summed E-state index contributed by atoms with van der Waals surface area (Å²) in [6.45, 7) is 16.7. The van der Waals surface area contributed by atoms with Crippen molar-refractivity contribution in [3.63, 3.8) is 0 Å². The van der Waals surface area contributed by atoms with Crippen LogP contribution >= 0.6 is 0 Å². The first-order chi connectivity index (χ1) is 11.0. The zero-order chi connectivity index (χ0) is 18.5. The summed E-state index contributed by atoms with van der Waals surface area (Å²) in [5, 5.41) is 3.94. The first-order valence-electron chi connectivity index (χ1n) is 8.36. The van der Waals surface area contributed by atoms with Crippen LogP contribution in [0.15, 0.2) is 5.16 Å². The molecule has 1 heterocycles. The molecule has 0 saturated heterocycles. The Bertz CT molecular complexity index is 458. The molecule has 0 saturated carbocycles. The molecule has 0 spiro atoms. The summed E-state index contributed by atoms with van der Waals surface area (Å²) in [6, 6.07) is 0. The fourth-order valence-electron chi connectivity index (χ4n) is 2.20. The smallest absolute Gasteiger partial charge is 0.358 e. The van der Waals surface area contributed by atoms with Crippen LogP contribution in [0.1, 0.15) is 13.8 Å². The number of nitrogens with zero attached hydrogens (tertiary/aromatic N) is 1. The van der Waals surface area contributed by atoms with Gasteiger partial charge in [0.15, 0.2) is 22.3 Å². The second-order valence-corrected chi connectivity index (χ2v) is 16.4. The Morgan fingerprint density at radius 3 is 2.08 bits per heavy atom. The Kier molecular flexibility index (Phi) is 7.60. The van der Waals surface area contributed by atoms with Gasteiger partial charge < -0.3 is 23.2 Å². The van der Waals surface area contributed by atoms with E-state index >= 15 is 0 Å². The maximum absolute atomic E-state index is 12.3. The van der Waals surface area contributed by atoms with Gasteiger partial charge in [-0.25, -0.2) is 4.79 Å². The molecule has 7 nitrogen and oxygen atoms in total. The third-order valence-electron chi connectivity index (χ3n) is 2.88. The highest BCUT2D eigenvalue weighted by Crippen LogP contribution is 2.26. The molecule has 0 aromatic carbocycles. The van der Waals surface area contributed by atoms with Gasteiger partial charge in [-0.05, 0) is 53.1 Å². The maximum Gasteiger partial charge on any atom is 0.358 e. The summed E-state index contributed by atoms with van der Waals surface area (Å²) < 4.78 is 23.2. The molecule has 0 aromatic heterocycles. The van der Waals surface area contributed by atoms with E-state index in [4.69, 9.17) is 23.2 Å². The van der Waals surface area contributed by atoms with Crippen LogP contribution in [0.5, 0.6) is 0 Å². The first-order valence-corrected chi connectivity index (χ1v) is 15.2. The summed E-state index contributed by atoms with van der Waals surface area (Å²) in [5.41, 5.74) is 0.110. The minimum atomic E-state index is -1.99. The van der Waals surface area contributed by atoms with Gasteiger partial charge >= 0.3 is 5.97 Å². The molecule has 1 aliphatic heterocycles. The molecule has 0 fully saturated rings. The first kappa shape index (κ1) is 21.3. The van der Waals surface area contributed by atoms with Crippen molar-refractivity contribution in [1.29, 1.82) is 0 Å². The summed E-state index contributed by atoms with van der Waals surface area (Å²) in [7, 11) is -3.94. The molecule has 140 valence electrons. The van der Waals surface area contributed by atoms with Crippen molar-refractivity contribution in [2.24, 2.45) is 5.16 Å². The van der Waals surface area contributed by atoms with Gasteiger partial charge in [0.2, 0.25) is 0 Å². The molecule has 0 unspecified atom stereocenters. The molecule has 0 aliphatic carbocycles. The van der Waals surface area contributed by atoms with Gasteiger partial charge in [-0.3, -0.25) is 0 Å². The monoisotopic (exact) mass is 377 g/mol. The molecule has 0 amide bonds. The van der Waals surface area contributed by atoms with Crippen LogP contribution in [0.2, 0.25) is 39.3 Å². The number of carbonyl (C=O) groups excluding carboxylic acids is 1. The normalized spacial score (nSPS) is 25.0. The summed E-state index contributed by atoms with van der Waals surface area (Å²) in [5.74, 6) is -0.542. The second kappa shape index (κ2) is 8.57. The lowest BCUT2D eigenvalue weighted by atomic mass is 10.1. The number of ether oxygens (including phenoxy) is 2. The van der Waals surface area contributed by atoms with Crippen LogP contribution in [0.25, 0.3) is 0 Å². The summed E-state index contributed by atoms with van der Waals surface area (Å²) in [4.78, 5) is 17.7. The van der Waals surface area contributed by atoms with Crippen molar-refractivity contribution < 1.29 is 28.0 Å². The topological polar surface area (TPSA) is 75.6 Å². The molecule has 3 atom stereocenters. The fourth-order valence-corrected chi connectivity index (χ4v) is 4.26. The number of carbonyl (C=O) groups is 1. The van der Waals surface area contributed by atoms with Gasteiger partial charge in [0, 0.05) is 6.61 Å². The number of oxime groups is 1. The average Bonchev–Trinajstić information content (AvgIpc) is 2.40. The van der Waals surface area contributed by atoms with Gasteiger partial charge in [0.25, 0.3) is 6.29 Å². The van der Waals surface area contributed by atoms with Gasteiger partial charge in [-0.15, -0.1) is 0 Å². The third-order valence-corrected chi connectivity index (χ3v) is 4.82. The van der Waals surface area contributed by atoms with Crippen molar-refractivity contribution >= 4 is 28.3 Å². The number of esters is 1. The zero-order valence-corrected chi connectivity index (χ0v) is 18.0. The summed E-state index contributed by atoms with van der Waals surface area (Å²) >= 11 is 0. The molecule has 0 N–H and O–H groups in total. The Labute approximate surface area is 146 Å². The highest BCUT2D eigenvalue weighted by atomic mass is 28.4. The number of hydrogen-bond acceptors (Lipinski definition) is 7. The van der Waals surface area contributed by atoms with Crippen molar-refractivity contribution in [2.45, 2.75) is 71.6 Å². The van der Waals surface area contributed by atoms with Crippen LogP contribution < -0.4 is 0 Å². The van der Waals surface area contributed by atoms with Crippen molar-refractivity contribution in [1.82, 2.24) is 0 Å². The van der Waals surface area contributed by atoms with Crippen LogP contribution in [0.4, 0.5) is 0 Å². The second-order valence-electron chi connectivity index (χ2n) is 7.47. The van der Waals surface area contributed by atoms with Crippen LogP contribution in [0, 0.1) is 0 Å². The number of rotatable bonds is 8. The summed E-state index contributed by atoms with van der Waals surface area (Å²) in [6.07, 6.45) is -1.92. The lowest BCUT2D eigenvalue weighted by molar-refractivity contribution is -0.210. The zero-order valence-electron chi connectivity index (χ0n) is 16.0. The molecule has 24 heavy (non-hydrogen) atoms. The van der Waals surface area contributed by atoms with Gasteiger partial charge in [0.1, 0.15) is 12.2 Å². The minimum Gasteiger partial charge on any atom is -0.461 e. The van der Waals surface area contributed by atoms with E-state index in [-0.39, 0.29) is 12.3 Å². The van der Waals surface area contributed by atoms with Crippen molar-refractivity contribution in [3.05, 3.63) is 0 Å². The van der Waals surface area contributed by atoms with Crippen molar-refractivity contribution in [2.75, 3.05) is 13.2 Å². The van der Waals surface area contributed by atoms with Gasteiger partial charge in [-0.2, -0.15) is 0 Å². The SMILES string of the molecule is CCOC(=O)C1=NO[C@H](OCC)[C@@H](O[Si](C)(C)C)[C@H]1O[Si](C)(C)C. The quantitative estimate of drug-likeness (QED) is 0.478. The Morgan fingerprint density at radius 2 is 1.62 bits per heavy atom. The molecule has 9 heteroatoms. The van der Waals surface area contributed by atoms with E-state index in [0.717, 1.165) is 0 Å². The lowest BCUT2D eigenvalue weighted by Crippen LogP contribution is -2.58. The molecule has 1 aliphatic rings. The predicted molar refractivity (Wildman–Crippen MR) is 97.0 cm³/mol. The fraction of sp³-hybridized carbons (Fsp3) is 0.867. The molecule has 0 aromatic rings. The van der Waals surface area contributed by atoms with Crippen LogP contribution in [-0.2, 0) is 28.0 Å². The van der Waals surface area contributed by atoms with Gasteiger partial charge in [0.05, 0.1) is 6.61 Å². The average molecular weight is 378 g/mol. The van der Waals surface area contributed by atoms with Crippen LogP contribution in [-0.4, -0.2) is 60.0 Å². The van der Waals surface area contributed by atoms with Gasteiger partial charge in [-0.1, -0.05) is 5.16 Å². The lowest BCUT2D eigenvalue weighted by Gasteiger charge is -2.40. The van der Waals surface area contributed by atoms with E-state index in [1.165, 1.54) is 0 Å². The van der Waals surface area contributed by atoms with E-state index in [1.807, 2.05) is 26.6 Å². The van der Waals surface area contributed by atoms with E-state index in [2.05, 4.69) is 24.8 Å². The van der Waals surface area contributed by atoms with E-state index in [0.29, 0.717) is 6.61 Å². The molecule has 0 radical (unpaired) electrons. The van der Waals surface area contributed by atoms with E-state index in [1.54, 1.807) is 6.92 Å². The van der Waals surface area contributed by atoms with Crippen LogP contribution in [0.3, 0.4) is 0 Å².